The van der Waals surface area contributed by atoms with Crippen LogP contribution in [0.15, 0.2) is 18.2 Å². The monoisotopic (exact) mass is 234 g/mol. The van der Waals surface area contributed by atoms with Crippen LogP contribution in [-0.4, -0.2) is 39.2 Å². The van der Waals surface area contributed by atoms with Crippen molar-refractivity contribution in [1.29, 1.82) is 0 Å². The summed E-state index contributed by atoms with van der Waals surface area (Å²) in [5, 5.41) is 3.49. The van der Waals surface area contributed by atoms with Gasteiger partial charge in [-0.25, -0.2) is 0 Å². The van der Waals surface area contributed by atoms with Crippen molar-refractivity contribution in [3.8, 4) is 5.75 Å². The standard InChI is InChI=1S/C14H22N2O/c1-14(7-8-16(2)3)10-15-13-6-5-11(17-4)9-12(13)14/h5-6,9,15H,7-8,10H2,1-4H3/t14-/m1/s1. The first-order valence-corrected chi connectivity index (χ1v) is 6.12. The first-order chi connectivity index (χ1) is 8.05. The van der Waals surface area contributed by atoms with Gasteiger partial charge in [0.25, 0.3) is 0 Å². The molecule has 1 atom stereocenters. The maximum Gasteiger partial charge on any atom is 0.119 e. The van der Waals surface area contributed by atoms with Crippen LogP contribution in [0.25, 0.3) is 0 Å². The molecular formula is C14H22N2O. The van der Waals surface area contributed by atoms with Gasteiger partial charge in [0.1, 0.15) is 5.75 Å². The third kappa shape index (κ3) is 2.39. The van der Waals surface area contributed by atoms with E-state index in [1.807, 2.05) is 6.07 Å². The summed E-state index contributed by atoms with van der Waals surface area (Å²) < 4.78 is 5.32. The Bertz CT molecular complexity index is 403. The van der Waals surface area contributed by atoms with Gasteiger partial charge in [-0.05, 0) is 50.8 Å². The van der Waals surface area contributed by atoms with Crippen LogP contribution in [0.1, 0.15) is 18.9 Å². The third-order valence-electron chi connectivity index (χ3n) is 3.66. The highest BCUT2D eigenvalue weighted by molar-refractivity contribution is 5.62. The fourth-order valence-electron chi connectivity index (χ4n) is 2.38. The fourth-order valence-corrected chi connectivity index (χ4v) is 2.38. The zero-order valence-electron chi connectivity index (χ0n) is 11.2. The smallest absolute Gasteiger partial charge is 0.119 e. The lowest BCUT2D eigenvalue weighted by atomic mass is 9.81. The molecule has 2 rings (SSSR count). The topological polar surface area (TPSA) is 24.5 Å². The maximum absolute atomic E-state index is 5.32. The summed E-state index contributed by atoms with van der Waals surface area (Å²) in [6.07, 6.45) is 1.16. The molecule has 3 nitrogen and oxygen atoms in total. The van der Waals surface area contributed by atoms with Crippen molar-refractivity contribution in [2.75, 3.05) is 39.6 Å². The SMILES string of the molecule is COc1ccc2c(c1)[C@](C)(CCN(C)C)CN2. The predicted molar refractivity (Wildman–Crippen MR) is 72.0 cm³/mol. The number of benzene rings is 1. The number of nitrogens with one attached hydrogen (secondary N) is 1. The van der Waals surface area contributed by atoms with Crippen molar-refractivity contribution in [1.82, 2.24) is 4.90 Å². The molecule has 0 amide bonds. The molecule has 0 unspecified atom stereocenters. The molecule has 3 heteroatoms. The highest BCUT2D eigenvalue weighted by Crippen LogP contribution is 2.40. The molecule has 94 valence electrons. The van der Waals surface area contributed by atoms with Crippen molar-refractivity contribution in [2.45, 2.75) is 18.8 Å². The van der Waals surface area contributed by atoms with E-state index < -0.39 is 0 Å². The van der Waals surface area contributed by atoms with Crippen LogP contribution in [0.4, 0.5) is 5.69 Å². The lowest BCUT2D eigenvalue weighted by Crippen LogP contribution is -2.29. The Morgan fingerprint density at radius 2 is 2.18 bits per heavy atom. The van der Waals surface area contributed by atoms with Crippen molar-refractivity contribution in [2.24, 2.45) is 0 Å². The van der Waals surface area contributed by atoms with Gasteiger partial charge < -0.3 is 15.0 Å². The molecule has 1 heterocycles. The highest BCUT2D eigenvalue weighted by atomic mass is 16.5. The van der Waals surface area contributed by atoms with E-state index in [1.54, 1.807) is 7.11 Å². The summed E-state index contributed by atoms with van der Waals surface area (Å²) in [7, 11) is 5.97. The molecule has 0 aliphatic carbocycles. The average Bonchev–Trinajstić information content (AvgIpc) is 2.65. The van der Waals surface area contributed by atoms with Crippen molar-refractivity contribution >= 4 is 5.69 Å². The second-order valence-electron chi connectivity index (χ2n) is 5.38. The number of rotatable bonds is 4. The largest absolute Gasteiger partial charge is 0.497 e. The van der Waals surface area contributed by atoms with Gasteiger partial charge in [-0.15, -0.1) is 0 Å². The molecule has 1 aromatic carbocycles. The molecule has 0 aromatic heterocycles. The van der Waals surface area contributed by atoms with Gasteiger partial charge in [0.2, 0.25) is 0 Å². The molecule has 1 aliphatic heterocycles. The molecule has 1 N–H and O–H groups in total. The Hall–Kier alpha value is -1.22. The maximum atomic E-state index is 5.32. The molecule has 17 heavy (non-hydrogen) atoms. The van der Waals surface area contributed by atoms with E-state index in [0.29, 0.717) is 0 Å². The summed E-state index contributed by atoms with van der Waals surface area (Å²) >= 11 is 0. The Labute approximate surface area is 104 Å². The number of fused-ring (bicyclic) bond motifs is 1. The summed E-state index contributed by atoms with van der Waals surface area (Å²) in [5.74, 6) is 0.948. The van der Waals surface area contributed by atoms with E-state index in [-0.39, 0.29) is 5.41 Å². The van der Waals surface area contributed by atoms with Gasteiger partial charge >= 0.3 is 0 Å². The van der Waals surface area contributed by atoms with Crippen molar-refractivity contribution < 1.29 is 4.74 Å². The zero-order chi connectivity index (χ0) is 12.5. The summed E-state index contributed by atoms with van der Waals surface area (Å²) in [6, 6.07) is 6.31. The summed E-state index contributed by atoms with van der Waals surface area (Å²) in [4.78, 5) is 2.24. The number of hydrogen-bond acceptors (Lipinski definition) is 3. The van der Waals surface area contributed by atoms with E-state index in [9.17, 15) is 0 Å². The molecule has 0 fully saturated rings. The first kappa shape index (κ1) is 12.2. The Kier molecular flexibility index (Phi) is 3.29. The van der Waals surface area contributed by atoms with Gasteiger partial charge in [-0.2, -0.15) is 0 Å². The molecule has 1 aliphatic rings. The first-order valence-electron chi connectivity index (χ1n) is 6.12. The number of nitrogens with zero attached hydrogens (tertiary/aromatic N) is 1. The number of hydrogen-bond donors (Lipinski definition) is 1. The van der Waals surface area contributed by atoms with Gasteiger partial charge in [-0.3, -0.25) is 0 Å². The van der Waals surface area contributed by atoms with Gasteiger partial charge in [0.15, 0.2) is 0 Å². The quantitative estimate of drug-likeness (QED) is 0.865. The minimum Gasteiger partial charge on any atom is -0.497 e. The Morgan fingerprint density at radius 1 is 1.41 bits per heavy atom. The second kappa shape index (κ2) is 4.57. The zero-order valence-corrected chi connectivity index (χ0v) is 11.2. The lowest BCUT2D eigenvalue weighted by molar-refractivity contribution is 0.341. The molecule has 1 aromatic rings. The van der Waals surface area contributed by atoms with Crippen LogP contribution >= 0.6 is 0 Å². The molecule has 0 bridgehead atoms. The van der Waals surface area contributed by atoms with Gasteiger partial charge in [0.05, 0.1) is 7.11 Å². The van der Waals surface area contributed by atoms with E-state index in [1.165, 1.54) is 11.3 Å². The Balaban J connectivity index is 2.24. The predicted octanol–water partition coefficient (Wildman–Crippen LogP) is 2.33. The minimum atomic E-state index is 0.216. The van der Waals surface area contributed by atoms with Crippen LogP contribution in [-0.2, 0) is 5.41 Å². The van der Waals surface area contributed by atoms with Crippen LogP contribution in [0.2, 0.25) is 0 Å². The van der Waals surface area contributed by atoms with Gasteiger partial charge in [0, 0.05) is 17.6 Å². The fraction of sp³-hybridized carbons (Fsp3) is 0.571. The van der Waals surface area contributed by atoms with Gasteiger partial charge in [-0.1, -0.05) is 6.92 Å². The second-order valence-corrected chi connectivity index (χ2v) is 5.38. The Morgan fingerprint density at radius 3 is 2.82 bits per heavy atom. The number of methoxy groups -OCH3 is 1. The number of anilines is 1. The lowest BCUT2D eigenvalue weighted by Gasteiger charge is -2.26. The van der Waals surface area contributed by atoms with Crippen molar-refractivity contribution in [3.05, 3.63) is 23.8 Å². The summed E-state index contributed by atoms with van der Waals surface area (Å²) in [6.45, 7) is 4.45. The van der Waals surface area contributed by atoms with Crippen molar-refractivity contribution in [3.63, 3.8) is 0 Å². The normalized spacial score (nSPS) is 22.4. The van der Waals surface area contributed by atoms with Crippen LogP contribution in [0.5, 0.6) is 5.75 Å². The summed E-state index contributed by atoms with van der Waals surface area (Å²) in [5.41, 5.74) is 2.86. The van der Waals surface area contributed by atoms with E-state index in [2.05, 4.69) is 43.4 Å². The van der Waals surface area contributed by atoms with E-state index in [0.717, 1.165) is 25.3 Å². The molecule has 0 saturated heterocycles. The molecule has 0 radical (unpaired) electrons. The highest BCUT2D eigenvalue weighted by Gasteiger charge is 2.34. The van der Waals surface area contributed by atoms with Crippen LogP contribution in [0.3, 0.4) is 0 Å². The molecule has 0 spiro atoms. The molecule has 0 saturated carbocycles. The number of ether oxygens (including phenoxy) is 1. The van der Waals surface area contributed by atoms with Crippen LogP contribution < -0.4 is 10.1 Å². The van der Waals surface area contributed by atoms with Crippen LogP contribution in [0, 0.1) is 0 Å². The van der Waals surface area contributed by atoms with E-state index in [4.69, 9.17) is 4.74 Å². The minimum absolute atomic E-state index is 0.216. The third-order valence-corrected chi connectivity index (χ3v) is 3.66. The molecular weight excluding hydrogens is 212 g/mol. The van der Waals surface area contributed by atoms with E-state index >= 15 is 0 Å². The average molecular weight is 234 g/mol.